The van der Waals surface area contributed by atoms with Gasteiger partial charge < -0.3 is 0 Å². The molecule has 10 heavy (non-hydrogen) atoms. The third kappa shape index (κ3) is 3.98. The van der Waals surface area contributed by atoms with Crippen LogP contribution in [0.1, 0.15) is 27.7 Å². The van der Waals surface area contributed by atoms with Crippen molar-refractivity contribution in [3.05, 3.63) is 0 Å². The van der Waals surface area contributed by atoms with Crippen molar-refractivity contribution in [2.24, 2.45) is 0 Å². The molecule has 0 heterocycles. The van der Waals surface area contributed by atoms with Gasteiger partial charge in [0.2, 0.25) is 0 Å². The summed E-state index contributed by atoms with van der Waals surface area (Å²) in [7, 11) is 0. The topological polar surface area (TPSA) is 26.3 Å². The molecule has 0 rings (SSSR count). The fourth-order valence-electron chi connectivity index (χ4n) is 0.391. The molecule has 0 aromatic rings. The van der Waals surface area contributed by atoms with Gasteiger partial charge in [-0.05, 0) is 0 Å². The number of ether oxygens (including phenoxy) is 1. The average Bonchev–Trinajstić information content (AvgIpc) is 1.60. The normalized spacial score (nSPS) is 11.9. The second-order valence-electron chi connectivity index (χ2n) is 3.70. The molecule has 2 nitrogen and oxygen atoms in total. The Morgan fingerprint density at radius 2 is 1.90 bits per heavy atom. The van der Waals surface area contributed by atoms with E-state index in [2.05, 4.69) is 0 Å². The van der Waals surface area contributed by atoms with E-state index in [1.807, 2.05) is 45.4 Å². The molecule has 0 atom stereocenters. The maximum atomic E-state index is 11.1. The molecule has 0 fully saturated rings. The molecule has 0 aromatic carbocycles. The fraction of sp³-hybridized carbons (Fsp3) is 0.857. The Bertz CT molecular complexity index is 124. The summed E-state index contributed by atoms with van der Waals surface area (Å²) >= 11 is 1.84. The summed E-state index contributed by atoms with van der Waals surface area (Å²) in [6.07, 6.45) is -0.00766. The number of hydrogen-bond donors (Lipinski definition) is 0. The molecule has 0 bridgehead atoms. The fourth-order valence-corrected chi connectivity index (χ4v) is 0.391. The van der Waals surface area contributed by atoms with Crippen LogP contribution in [0.15, 0.2) is 0 Å². The van der Waals surface area contributed by atoms with E-state index in [4.69, 9.17) is 4.74 Å². The molecule has 0 saturated heterocycles. The number of hydrogen-bond acceptors (Lipinski definition) is 2. The summed E-state index contributed by atoms with van der Waals surface area (Å²) in [5, 5.41) is 0. The Labute approximate surface area is 71.5 Å². The zero-order valence-electron chi connectivity index (χ0n) is 7.39. The second kappa shape index (κ2) is 3.46. The van der Waals surface area contributed by atoms with Gasteiger partial charge in [0.05, 0.1) is 0 Å². The molecule has 0 aliphatic rings. The predicted octanol–water partition coefficient (Wildman–Crippen LogP) is 1.30. The van der Waals surface area contributed by atoms with Crippen molar-refractivity contribution in [1.82, 2.24) is 0 Å². The number of carbonyl (C=O) groups excluding carboxylic acids is 1. The van der Waals surface area contributed by atoms with Crippen LogP contribution in [-0.2, 0) is 9.53 Å². The first-order valence-corrected chi connectivity index (χ1v) is 3.55. The molecule has 0 saturated carbocycles. The zero-order valence-corrected chi connectivity index (χ0v) is 7.39. The van der Waals surface area contributed by atoms with Crippen LogP contribution < -0.4 is 0 Å². The van der Waals surface area contributed by atoms with Crippen molar-refractivity contribution in [1.29, 1.82) is 0 Å². The van der Waals surface area contributed by atoms with Gasteiger partial charge in [-0.3, -0.25) is 0 Å². The van der Waals surface area contributed by atoms with Crippen molar-refractivity contribution < 1.29 is 9.53 Å². The second-order valence-corrected chi connectivity index (χ2v) is 3.70. The van der Waals surface area contributed by atoms with Crippen LogP contribution in [-0.4, -0.2) is 29.8 Å². The SMILES string of the molecule is [Li][C](C)(C)C(=O)OC(C)C. The number of rotatable bonds is 2. The van der Waals surface area contributed by atoms with E-state index >= 15 is 0 Å². The number of esters is 1. The summed E-state index contributed by atoms with van der Waals surface area (Å²) in [4.78, 5) is 11.1. The third-order valence-electron chi connectivity index (χ3n) is 0.955. The van der Waals surface area contributed by atoms with Crippen LogP contribution in [0.3, 0.4) is 0 Å². The predicted molar refractivity (Wildman–Crippen MR) is 41.0 cm³/mol. The van der Waals surface area contributed by atoms with E-state index in [0.717, 1.165) is 0 Å². The van der Waals surface area contributed by atoms with Crippen molar-refractivity contribution in [2.75, 3.05) is 0 Å². The van der Waals surface area contributed by atoms with Crippen molar-refractivity contribution in [2.45, 2.75) is 37.9 Å². The minimum atomic E-state index is -0.371. The summed E-state index contributed by atoms with van der Waals surface area (Å²) in [5.74, 6) is -0.137. The molecule has 54 valence electrons. The summed E-state index contributed by atoms with van der Waals surface area (Å²) in [5.41, 5.74) is 0. The van der Waals surface area contributed by atoms with Crippen LogP contribution in [0.25, 0.3) is 0 Å². The quantitative estimate of drug-likeness (QED) is 0.422. The molecular weight excluding hydrogens is 123 g/mol. The van der Waals surface area contributed by atoms with Gasteiger partial charge in [0.25, 0.3) is 0 Å². The van der Waals surface area contributed by atoms with Crippen LogP contribution in [0.5, 0.6) is 0 Å². The first-order chi connectivity index (χ1) is 4.34. The van der Waals surface area contributed by atoms with Crippen LogP contribution >= 0.6 is 0 Å². The monoisotopic (exact) mass is 136 g/mol. The molecule has 0 aliphatic carbocycles. The van der Waals surface area contributed by atoms with E-state index in [-0.39, 0.29) is 16.2 Å². The molecule has 0 spiro atoms. The van der Waals surface area contributed by atoms with E-state index in [1.54, 1.807) is 0 Å². The van der Waals surface area contributed by atoms with Gasteiger partial charge >= 0.3 is 71.1 Å². The number of carbonyl (C=O) groups is 1. The van der Waals surface area contributed by atoms with Crippen LogP contribution in [0.4, 0.5) is 0 Å². The van der Waals surface area contributed by atoms with E-state index < -0.39 is 0 Å². The van der Waals surface area contributed by atoms with E-state index in [0.29, 0.717) is 0 Å². The first-order valence-electron chi connectivity index (χ1n) is 3.55. The Balaban J connectivity index is 3.87. The van der Waals surface area contributed by atoms with Gasteiger partial charge in [0.15, 0.2) is 0 Å². The van der Waals surface area contributed by atoms with Crippen molar-refractivity contribution in [3.8, 4) is 0 Å². The molecule has 0 unspecified atom stereocenters. The summed E-state index contributed by atoms with van der Waals surface area (Å²) < 4.78 is 4.60. The molecule has 0 amide bonds. The molecule has 3 heteroatoms. The first kappa shape index (κ1) is 10.1. The summed E-state index contributed by atoms with van der Waals surface area (Å²) in [6, 6.07) is 0. The van der Waals surface area contributed by atoms with Gasteiger partial charge in [-0.25, -0.2) is 0 Å². The van der Waals surface area contributed by atoms with Gasteiger partial charge in [0.1, 0.15) is 0 Å². The molecule has 0 aliphatic heterocycles. The summed E-state index contributed by atoms with van der Waals surface area (Å²) in [6.45, 7) is 7.39. The van der Waals surface area contributed by atoms with Crippen molar-refractivity contribution >= 4 is 23.7 Å². The Kier molecular flexibility index (Phi) is 3.48. The van der Waals surface area contributed by atoms with Crippen molar-refractivity contribution in [3.63, 3.8) is 0 Å². The standard InChI is InChI=1S/C7H13O2.Li/c1-5(2)7(8)9-6(3)4;/h6H,1-4H3;. The molecular formula is C7H13LiO2. The van der Waals surface area contributed by atoms with Gasteiger partial charge in [0, 0.05) is 0 Å². The minimum absolute atomic E-state index is 0.00766. The Morgan fingerprint density at radius 1 is 1.50 bits per heavy atom. The third-order valence-corrected chi connectivity index (χ3v) is 0.955. The van der Waals surface area contributed by atoms with Gasteiger partial charge in [-0.15, -0.1) is 0 Å². The maximum absolute atomic E-state index is 11.1. The van der Waals surface area contributed by atoms with E-state index in [9.17, 15) is 4.79 Å². The Hall–Kier alpha value is 0.0674. The average molecular weight is 136 g/mol. The van der Waals surface area contributed by atoms with Gasteiger partial charge in [-0.2, -0.15) is 0 Å². The molecule has 0 radical (unpaired) electrons. The molecule has 0 N–H and O–H groups in total. The van der Waals surface area contributed by atoms with Crippen LogP contribution in [0.2, 0.25) is 4.09 Å². The Morgan fingerprint density at radius 3 is 2.00 bits per heavy atom. The van der Waals surface area contributed by atoms with E-state index in [1.165, 1.54) is 0 Å². The van der Waals surface area contributed by atoms with Crippen LogP contribution in [0, 0.1) is 0 Å². The molecule has 0 aromatic heterocycles. The van der Waals surface area contributed by atoms with Gasteiger partial charge in [-0.1, -0.05) is 0 Å². The zero-order chi connectivity index (χ0) is 8.36.